The standard InChI is InChI=1S/C13H20BrNOS/c1-8(2)10-5-4-9(3)6-11(10)16-13-15-12(14)7-17-13/h7-11H,4-6H2,1-3H3. The Hall–Kier alpha value is -0.0900. The van der Waals surface area contributed by atoms with E-state index in [1.165, 1.54) is 19.3 Å². The Labute approximate surface area is 116 Å². The summed E-state index contributed by atoms with van der Waals surface area (Å²) in [5.74, 6) is 2.14. The Kier molecular flexibility index (Phi) is 4.47. The first-order valence-corrected chi connectivity index (χ1v) is 8.01. The van der Waals surface area contributed by atoms with Crippen LogP contribution in [0.1, 0.15) is 40.0 Å². The first kappa shape index (κ1) is 13.3. The van der Waals surface area contributed by atoms with E-state index >= 15 is 0 Å². The smallest absolute Gasteiger partial charge is 0.274 e. The number of rotatable bonds is 3. The van der Waals surface area contributed by atoms with E-state index in [0.717, 1.165) is 15.7 Å². The van der Waals surface area contributed by atoms with E-state index in [1.54, 1.807) is 11.3 Å². The van der Waals surface area contributed by atoms with Crippen molar-refractivity contribution in [2.45, 2.75) is 46.1 Å². The minimum Gasteiger partial charge on any atom is -0.466 e. The minimum absolute atomic E-state index is 0.344. The lowest BCUT2D eigenvalue weighted by Gasteiger charge is -2.36. The third-order valence-corrected chi connectivity index (χ3v) is 5.11. The summed E-state index contributed by atoms with van der Waals surface area (Å²) in [7, 11) is 0. The molecule has 1 aliphatic rings. The number of aromatic nitrogens is 1. The van der Waals surface area contributed by atoms with E-state index in [2.05, 4.69) is 41.7 Å². The molecule has 0 aromatic carbocycles. The van der Waals surface area contributed by atoms with Gasteiger partial charge in [-0.25, -0.2) is 0 Å². The molecule has 1 aliphatic carbocycles. The molecule has 0 bridgehead atoms. The van der Waals surface area contributed by atoms with Gasteiger partial charge >= 0.3 is 0 Å². The molecule has 2 nitrogen and oxygen atoms in total. The number of ether oxygens (including phenoxy) is 1. The molecule has 0 amide bonds. The summed E-state index contributed by atoms with van der Waals surface area (Å²) in [6, 6.07) is 0. The summed E-state index contributed by atoms with van der Waals surface area (Å²) in [5, 5.41) is 2.79. The lowest BCUT2D eigenvalue weighted by Crippen LogP contribution is -2.36. The van der Waals surface area contributed by atoms with Crippen LogP contribution in [0.15, 0.2) is 9.98 Å². The molecule has 0 aliphatic heterocycles. The fourth-order valence-electron chi connectivity index (χ4n) is 2.67. The van der Waals surface area contributed by atoms with Gasteiger partial charge in [0.15, 0.2) is 0 Å². The van der Waals surface area contributed by atoms with Crippen LogP contribution >= 0.6 is 27.3 Å². The SMILES string of the molecule is CC1CCC(C(C)C)C(Oc2nc(Br)cs2)C1. The minimum atomic E-state index is 0.344. The second-order valence-electron chi connectivity index (χ2n) is 5.42. The zero-order valence-corrected chi connectivity index (χ0v) is 13.1. The highest BCUT2D eigenvalue weighted by atomic mass is 79.9. The molecule has 2 rings (SSSR count). The van der Waals surface area contributed by atoms with Gasteiger partial charge in [-0.05, 0) is 46.5 Å². The molecule has 0 saturated heterocycles. The van der Waals surface area contributed by atoms with Gasteiger partial charge < -0.3 is 4.74 Å². The molecular weight excluding hydrogens is 298 g/mol. The lowest BCUT2D eigenvalue weighted by atomic mass is 9.75. The summed E-state index contributed by atoms with van der Waals surface area (Å²) >= 11 is 4.95. The number of thiazole rings is 1. The molecule has 4 heteroatoms. The van der Waals surface area contributed by atoms with Crippen LogP contribution in [0.5, 0.6) is 5.19 Å². The summed E-state index contributed by atoms with van der Waals surface area (Å²) in [5.41, 5.74) is 0. The Morgan fingerprint density at radius 1 is 1.47 bits per heavy atom. The van der Waals surface area contributed by atoms with Crippen molar-refractivity contribution in [1.29, 1.82) is 0 Å². The number of hydrogen-bond acceptors (Lipinski definition) is 3. The van der Waals surface area contributed by atoms with Gasteiger partial charge in [-0.1, -0.05) is 38.5 Å². The largest absolute Gasteiger partial charge is 0.466 e. The maximum Gasteiger partial charge on any atom is 0.274 e. The van der Waals surface area contributed by atoms with Crippen molar-refractivity contribution in [3.05, 3.63) is 9.98 Å². The van der Waals surface area contributed by atoms with Crippen LogP contribution in [-0.2, 0) is 0 Å². The van der Waals surface area contributed by atoms with Crippen LogP contribution < -0.4 is 4.74 Å². The van der Waals surface area contributed by atoms with Gasteiger partial charge in [0.25, 0.3) is 5.19 Å². The second kappa shape index (κ2) is 5.70. The van der Waals surface area contributed by atoms with Crippen molar-refractivity contribution >= 4 is 27.3 Å². The van der Waals surface area contributed by atoms with Crippen molar-refractivity contribution in [3.8, 4) is 5.19 Å². The monoisotopic (exact) mass is 317 g/mol. The van der Waals surface area contributed by atoms with Gasteiger partial charge in [-0.2, -0.15) is 4.98 Å². The first-order chi connectivity index (χ1) is 8.06. The zero-order valence-electron chi connectivity index (χ0n) is 10.6. The van der Waals surface area contributed by atoms with Gasteiger partial charge in [-0.3, -0.25) is 0 Å². The average Bonchev–Trinajstić information content (AvgIpc) is 2.63. The molecule has 96 valence electrons. The average molecular weight is 318 g/mol. The topological polar surface area (TPSA) is 22.1 Å². The van der Waals surface area contributed by atoms with Crippen molar-refractivity contribution in [2.75, 3.05) is 0 Å². The van der Waals surface area contributed by atoms with E-state index in [0.29, 0.717) is 17.9 Å². The maximum atomic E-state index is 6.10. The highest BCUT2D eigenvalue weighted by Gasteiger charge is 2.32. The van der Waals surface area contributed by atoms with Crippen molar-refractivity contribution in [3.63, 3.8) is 0 Å². The van der Waals surface area contributed by atoms with E-state index < -0.39 is 0 Å². The van der Waals surface area contributed by atoms with Crippen LogP contribution in [0, 0.1) is 17.8 Å². The molecule has 0 spiro atoms. The molecule has 1 aromatic rings. The van der Waals surface area contributed by atoms with Crippen LogP contribution in [0.3, 0.4) is 0 Å². The third kappa shape index (κ3) is 3.44. The van der Waals surface area contributed by atoms with Crippen molar-refractivity contribution in [2.24, 2.45) is 17.8 Å². The van der Waals surface area contributed by atoms with Crippen LogP contribution in [-0.4, -0.2) is 11.1 Å². The fourth-order valence-corrected chi connectivity index (χ4v) is 3.81. The summed E-state index contributed by atoms with van der Waals surface area (Å²) in [6.07, 6.45) is 4.14. The highest BCUT2D eigenvalue weighted by Crippen LogP contribution is 2.36. The predicted octanol–water partition coefficient (Wildman–Crippen LogP) is 4.75. The predicted molar refractivity (Wildman–Crippen MR) is 75.6 cm³/mol. The Morgan fingerprint density at radius 2 is 2.24 bits per heavy atom. The number of hydrogen-bond donors (Lipinski definition) is 0. The Morgan fingerprint density at radius 3 is 2.82 bits per heavy atom. The second-order valence-corrected chi connectivity index (χ2v) is 7.05. The molecule has 3 atom stereocenters. The van der Waals surface area contributed by atoms with Crippen LogP contribution in [0.25, 0.3) is 0 Å². The van der Waals surface area contributed by atoms with Gasteiger partial charge in [0.05, 0.1) is 0 Å². The fraction of sp³-hybridized carbons (Fsp3) is 0.769. The quantitative estimate of drug-likeness (QED) is 0.803. The van der Waals surface area contributed by atoms with Crippen LogP contribution in [0.4, 0.5) is 0 Å². The van der Waals surface area contributed by atoms with Gasteiger partial charge in [-0.15, -0.1) is 0 Å². The maximum absolute atomic E-state index is 6.10. The third-order valence-electron chi connectivity index (χ3n) is 3.67. The molecule has 0 radical (unpaired) electrons. The van der Waals surface area contributed by atoms with E-state index in [9.17, 15) is 0 Å². The first-order valence-electron chi connectivity index (χ1n) is 6.34. The zero-order chi connectivity index (χ0) is 12.4. The number of nitrogens with zero attached hydrogens (tertiary/aromatic N) is 1. The molecule has 1 fully saturated rings. The Bertz CT molecular complexity index is 366. The Balaban J connectivity index is 2.04. The molecule has 1 saturated carbocycles. The van der Waals surface area contributed by atoms with Gasteiger partial charge in [0.2, 0.25) is 0 Å². The molecule has 17 heavy (non-hydrogen) atoms. The lowest BCUT2D eigenvalue weighted by molar-refractivity contribution is 0.0457. The molecule has 0 N–H and O–H groups in total. The van der Waals surface area contributed by atoms with Crippen LogP contribution in [0.2, 0.25) is 0 Å². The highest BCUT2D eigenvalue weighted by molar-refractivity contribution is 9.10. The van der Waals surface area contributed by atoms with Gasteiger partial charge in [0, 0.05) is 5.38 Å². The molecule has 1 heterocycles. The summed E-state index contributed by atoms with van der Waals surface area (Å²) in [6.45, 7) is 6.92. The van der Waals surface area contributed by atoms with Crippen molar-refractivity contribution < 1.29 is 4.74 Å². The van der Waals surface area contributed by atoms with Gasteiger partial charge in [0.1, 0.15) is 10.7 Å². The van der Waals surface area contributed by atoms with Crippen molar-refractivity contribution in [1.82, 2.24) is 4.98 Å². The molecule has 3 unspecified atom stereocenters. The summed E-state index contributed by atoms with van der Waals surface area (Å²) in [4.78, 5) is 4.34. The van der Waals surface area contributed by atoms with E-state index in [-0.39, 0.29) is 0 Å². The van der Waals surface area contributed by atoms with E-state index in [4.69, 9.17) is 4.74 Å². The van der Waals surface area contributed by atoms with E-state index in [1.807, 2.05) is 5.38 Å². The molecular formula is C13H20BrNOS. The summed E-state index contributed by atoms with van der Waals surface area (Å²) < 4.78 is 6.98. The molecule has 1 aromatic heterocycles. The number of halogens is 1. The normalized spacial score (nSPS) is 29.6.